The summed E-state index contributed by atoms with van der Waals surface area (Å²) >= 11 is 3.41. The van der Waals surface area contributed by atoms with Crippen molar-refractivity contribution in [2.75, 3.05) is 20.3 Å². The number of hydrogen-bond donors (Lipinski definition) is 0. The lowest BCUT2D eigenvalue weighted by Crippen LogP contribution is -2.32. The van der Waals surface area contributed by atoms with E-state index in [9.17, 15) is 9.59 Å². The van der Waals surface area contributed by atoms with Crippen LogP contribution in [0.2, 0.25) is 0 Å². The highest BCUT2D eigenvalue weighted by Gasteiger charge is 2.42. The number of methoxy groups -OCH3 is 1. The molecule has 0 saturated heterocycles. The van der Waals surface area contributed by atoms with Gasteiger partial charge >= 0.3 is 0 Å². The third-order valence-corrected chi connectivity index (χ3v) is 5.88. The van der Waals surface area contributed by atoms with Crippen LogP contribution in [0.3, 0.4) is 0 Å². The van der Waals surface area contributed by atoms with E-state index in [-0.39, 0.29) is 17.1 Å². The maximum absolute atomic E-state index is 13.4. The van der Waals surface area contributed by atoms with Crippen LogP contribution >= 0.6 is 15.9 Å². The largest absolute Gasteiger partial charge is 0.450 e. The molecule has 0 saturated carbocycles. The second-order valence-electron chi connectivity index (χ2n) is 7.53. The average molecular weight is 456 g/mol. The summed E-state index contributed by atoms with van der Waals surface area (Å²) in [6, 6.07) is 12.8. The van der Waals surface area contributed by atoms with Crippen LogP contribution < -0.4 is 5.43 Å². The van der Waals surface area contributed by atoms with Gasteiger partial charge in [-0.05, 0) is 35.2 Å². The van der Waals surface area contributed by atoms with Gasteiger partial charge in [0, 0.05) is 18.1 Å². The van der Waals surface area contributed by atoms with Crippen LogP contribution in [0.4, 0.5) is 0 Å². The maximum Gasteiger partial charge on any atom is 0.290 e. The fraction of sp³-hybridized carbons (Fsp3) is 0.304. The zero-order valence-electron chi connectivity index (χ0n) is 16.6. The topological polar surface area (TPSA) is 59.8 Å². The van der Waals surface area contributed by atoms with E-state index in [1.54, 1.807) is 30.2 Å². The van der Waals surface area contributed by atoms with Gasteiger partial charge < -0.3 is 14.1 Å². The minimum Gasteiger partial charge on any atom is -0.450 e. The number of carbonyl (C=O) groups excluding carboxylic acids is 1. The SMILES string of the molecule is COCCN1C(=O)c2oc3ccc(Br)cc3c(=O)c2C1c1ccc(C(C)C)cc1. The maximum atomic E-state index is 13.4. The molecule has 1 amide bonds. The van der Waals surface area contributed by atoms with Gasteiger partial charge in [0.15, 0.2) is 5.43 Å². The molecule has 0 aliphatic carbocycles. The van der Waals surface area contributed by atoms with Gasteiger partial charge in [0.05, 0.1) is 23.6 Å². The number of fused-ring (bicyclic) bond motifs is 2. The smallest absolute Gasteiger partial charge is 0.290 e. The Kier molecular flexibility index (Phi) is 5.32. The molecule has 1 aromatic heterocycles. The van der Waals surface area contributed by atoms with Gasteiger partial charge in [0.2, 0.25) is 5.76 Å². The van der Waals surface area contributed by atoms with E-state index in [4.69, 9.17) is 9.15 Å². The van der Waals surface area contributed by atoms with Crippen molar-refractivity contribution in [3.8, 4) is 0 Å². The summed E-state index contributed by atoms with van der Waals surface area (Å²) in [6.07, 6.45) is 0. The molecule has 150 valence electrons. The third-order valence-electron chi connectivity index (χ3n) is 5.38. The van der Waals surface area contributed by atoms with Gasteiger partial charge in [-0.25, -0.2) is 0 Å². The Morgan fingerprint density at radius 3 is 2.52 bits per heavy atom. The summed E-state index contributed by atoms with van der Waals surface area (Å²) in [5.41, 5.74) is 2.73. The molecule has 1 unspecified atom stereocenters. The predicted molar refractivity (Wildman–Crippen MR) is 115 cm³/mol. The number of halogens is 1. The average Bonchev–Trinajstić information content (AvgIpc) is 2.99. The van der Waals surface area contributed by atoms with Crippen LogP contribution in [0.15, 0.2) is 56.1 Å². The fourth-order valence-corrected chi connectivity index (χ4v) is 4.18. The highest BCUT2D eigenvalue weighted by atomic mass is 79.9. The quantitative estimate of drug-likeness (QED) is 0.550. The van der Waals surface area contributed by atoms with E-state index >= 15 is 0 Å². The lowest BCUT2D eigenvalue weighted by molar-refractivity contribution is 0.0663. The molecule has 0 radical (unpaired) electrons. The van der Waals surface area contributed by atoms with Gasteiger partial charge in [-0.2, -0.15) is 0 Å². The molecule has 4 rings (SSSR count). The molecule has 1 atom stereocenters. The predicted octanol–water partition coefficient (Wildman–Crippen LogP) is 4.87. The summed E-state index contributed by atoms with van der Waals surface area (Å²) in [4.78, 5) is 28.2. The van der Waals surface area contributed by atoms with Crippen molar-refractivity contribution in [1.82, 2.24) is 4.90 Å². The first-order valence-corrected chi connectivity index (χ1v) is 10.4. The Hall–Kier alpha value is -2.44. The summed E-state index contributed by atoms with van der Waals surface area (Å²) in [5.74, 6) is 0.244. The van der Waals surface area contributed by atoms with Crippen LogP contribution in [-0.4, -0.2) is 31.1 Å². The molecule has 5 nitrogen and oxygen atoms in total. The second-order valence-corrected chi connectivity index (χ2v) is 8.45. The van der Waals surface area contributed by atoms with Gasteiger partial charge in [0.1, 0.15) is 5.58 Å². The third kappa shape index (κ3) is 3.40. The molecule has 2 aromatic carbocycles. The lowest BCUT2D eigenvalue weighted by Gasteiger charge is -2.25. The normalized spacial score (nSPS) is 16.1. The summed E-state index contributed by atoms with van der Waals surface area (Å²) < 4.78 is 11.9. The van der Waals surface area contributed by atoms with Crippen LogP contribution in [-0.2, 0) is 4.74 Å². The number of amides is 1. The molecule has 1 aliphatic rings. The van der Waals surface area contributed by atoms with Crippen molar-refractivity contribution in [3.05, 3.63) is 79.6 Å². The van der Waals surface area contributed by atoms with Gasteiger partial charge in [-0.1, -0.05) is 54.0 Å². The Morgan fingerprint density at radius 1 is 1.14 bits per heavy atom. The van der Waals surface area contributed by atoms with E-state index < -0.39 is 6.04 Å². The number of rotatable bonds is 5. The summed E-state index contributed by atoms with van der Waals surface area (Å²) in [5, 5.41) is 0.461. The Bertz CT molecular complexity index is 1130. The Morgan fingerprint density at radius 2 is 1.86 bits per heavy atom. The van der Waals surface area contributed by atoms with E-state index in [1.165, 1.54) is 5.56 Å². The molecular weight excluding hydrogens is 434 g/mol. The molecule has 0 fully saturated rings. The van der Waals surface area contributed by atoms with Crippen LogP contribution in [0.5, 0.6) is 0 Å². The first-order chi connectivity index (χ1) is 13.9. The van der Waals surface area contributed by atoms with Crippen molar-refractivity contribution in [3.63, 3.8) is 0 Å². The fourth-order valence-electron chi connectivity index (χ4n) is 3.82. The molecule has 2 heterocycles. The molecule has 29 heavy (non-hydrogen) atoms. The van der Waals surface area contributed by atoms with Crippen molar-refractivity contribution in [2.24, 2.45) is 0 Å². The first-order valence-electron chi connectivity index (χ1n) is 9.58. The molecular formula is C23H22BrNO4. The monoisotopic (exact) mass is 455 g/mol. The highest BCUT2D eigenvalue weighted by molar-refractivity contribution is 9.10. The number of ether oxygens (including phenoxy) is 1. The molecule has 1 aliphatic heterocycles. The number of hydrogen-bond acceptors (Lipinski definition) is 4. The van der Waals surface area contributed by atoms with Crippen LogP contribution in [0, 0.1) is 0 Å². The van der Waals surface area contributed by atoms with E-state index in [1.807, 2.05) is 12.1 Å². The minimum absolute atomic E-state index is 0.124. The zero-order valence-corrected chi connectivity index (χ0v) is 18.2. The van der Waals surface area contributed by atoms with E-state index in [0.29, 0.717) is 35.6 Å². The van der Waals surface area contributed by atoms with Crippen molar-refractivity contribution in [1.29, 1.82) is 0 Å². The van der Waals surface area contributed by atoms with Crippen LogP contribution in [0.25, 0.3) is 11.0 Å². The Labute approximate surface area is 177 Å². The van der Waals surface area contributed by atoms with Gasteiger partial charge in [-0.15, -0.1) is 0 Å². The first kappa shape index (κ1) is 19.9. The van der Waals surface area contributed by atoms with Gasteiger partial charge in [-0.3, -0.25) is 9.59 Å². The van der Waals surface area contributed by atoms with Gasteiger partial charge in [0.25, 0.3) is 5.91 Å². The Balaban J connectivity index is 1.92. The van der Waals surface area contributed by atoms with E-state index in [2.05, 4.69) is 41.9 Å². The minimum atomic E-state index is -0.492. The lowest BCUT2D eigenvalue weighted by atomic mass is 9.95. The van der Waals surface area contributed by atoms with Crippen LogP contribution in [0.1, 0.15) is 53.1 Å². The molecule has 0 N–H and O–H groups in total. The summed E-state index contributed by atoms with van der Waals surface area (Å²) in [6.45, 7) is 5.01. The second kappa shape index (κ2) is 7.76. The summed E-state index contributed by atoms with van der Waals surface area (Å²) in [7, 11) is 1.59. The number of carbonyl (C=O) groups is 1. The number of nitrogens with zero attached hydrogens (tertiary/aromatic N) is 1. The molecule has 6 heteroatoms. The van der Waals surface area contributed by atoms with Crippen molar-refractivity contribution < 1.29 is 13.9 Å². The zero-order chi connectivity index (χ0) is 20.7. The standard InChI is InChI=1S/C23H22BrNO4/c1-13(2)14-4-6-15(7-5-14)20-19-21(26)17-12-16(24)8-9-18(17)29-22(19)23(27)25(20)10-11-28-3/h4-9,12-13,20H,10-11H2,1-3H3. The molecule has 3 aromatic rings. The molecule has 0 spiro atoms. The van der Waals surface area contributed by atoms with Crippen molar-refractivity contribution in [2.45, 2.75) is 25.8 Å². The van der Waals surface area contributed by atoms with E-state index in [0.717, 1.165) is 10.0 Å². The highest BCUT2D eigenvalue weighted by Crippen LogP contribution is 2.38. The van der Waals surface area contributed by atoms with Crippen molar-refractivity contribution >= 4 is 32.8 Å². The molecule has 0 bridgehead atoms. The number of benzene rings is 2.